The normalized spacial score (nSPS) is 42.1. The van der Waals surface area contributed by atoms with Crippen LogP contribution in [0.2, 0.25) is 0 Å². The molecule has 0 N–H and O–H groups in total. The molecule has 226 valence electrons. The van der Waals surface area contributed by atoms with Crippen LogP contribution in [0.1, 0.15) is 75.7 Å². The molecule has 0 aromatic carbocycles. The van der Waals surface area contributed by atoms with Crippen LogP contribution in [0.5, 0.6) is 0 Å². The molecule has 0 bridgehead atoms. The molecular formula is C31H42O10. The summed E-state index contributed by atoms with van der Waals surface area (Å²) in [6.07, 6.45) is 0.000346. The first-order valence-electron chi connectivity index (χ1n) is 14.2. The molecule has 0 unspecified atom stereocenters. The molecule has 1 aliphatic heterocycles. The lowest BCUT2D eigenvalue weighted by Gasteiger charge is -2.30. The number of fused-ring (bicyclic) bond motifs is 1. The average Bonchev–Trinajstić information content (AvgIpc) is 3.66. The highest BCUT2D eigenvalue weighted by atomic mass is 16.7. The van der Waals surface area contributed by atoms with Gasteiger partial charge >= 0.3 is 23.9 Å². The van der Waals surface area contributed by atoms with Crippen LogP contribution in [0.3, 0.4) is 0 Å². The molecular weight excluding hydrogens is 532 g/mol. The lowest BCUT2D eigenvalue weighted by molar-refractivity contribution is -0.166. The van der Waals surface area contributed by atoms with Gasteiger partial charge in [-0.25, -0.2) is 4.79 Å². The standard InChI is InChI=1S/C31H42O10/c1-11-14(2)28(36)40-24-17(5)26(35)30-13-16(4)27(39-20(8)34)31(30,41-30)12-15(3)23(37-18(6)32)25(38-19(7)33)22-21(24)29(22,9)10/h11-12,16-17,21-25,27H,13H2,1-10H3/b14-11+,15-12+/t16-,17+,21-,22+,23+,24-,25-,27-,30-,31-/m0/s1. The first-order valence-corrected chi connectivity index (χ1v) is 14.2. The van der Waals surface area contributed by atoms with Gasteiger partial charge in [0.05, 0.1) is 5.92 Å². The Hall–Kier alpha value is -3.01. The second kappa shape index (κ2) is 10.4. The Morgan fingerprint density at radius 1 is 0.902 bits per heavy atom. The van der Waals surface area contributed by atoms with Gasteiger partial charge < -0.3 is 23.7 Å². The third-order valence-corrected chi connectivity index (χ3v) is 9.57. The number of rotatable bonds is 5. The number of epoxide rings is 1. The maximum absolute atomic E-state index is 14.5. The van der Waals surface area contributed by atoms with E-state index in [2.05, 4.69) is 0 Å². The van der Waals surface area contributed by atoms with E-state index in [1.54, 1.807) is 39.8 Å². The number of allylic oxidation sites excluding steroid dienone is 1. The molecule has 0 aromatic heterocycles. The molecule has 4 aliphatic rings. The fourth-order valence-corrected chi connectivity index (χ4v) is 7.53. The second-order valence-corrected chi connectivity index (χ2v) is 12.8. The number of carbonyl (C=O) groups excluding carboxylic acids is 5. The number of ether oxygens (including phenoxy) is 5. The number of hydrogen-bond acceptors (Lipinski definition) is 10. The number of carbonyl (C=O) groups is 5. The highest BCUT2D eigenvalue weighted by Gasteiger charge is 2.84. The van der Waals surface area contributed by atoms with Crippen molar-refractivity contribution in [1.82, 2.24) is 0 Å². The van der Waals surface area contributed by atoms with Crippen molar-refractivity contribution < 1.29 is 47.7 Å². The van der Waals surface area contributed by atoms with E-state index < -0.39 is 82.7 Å². The number of hydrogen-bond donors (Lipinski definition) is 0. The van der Waals surface area contributed by atoms with E-state index in [-0.39, 0.29) is 18.1 Å². The molecule has 3 fully saturated rings. The quantitative estimate of drug-likeness (QED) is 0.157. The lowest BCUT2D eigenvalue weighted by Crippen LogP contribution is -2.43. The fraction of sp³-hybridized carbons (Fsp3) is 0.710. The first kappa shape index (κ1) is 30.9. The third-order valence-electron chi connectivity index (χ3n) is 9.57. The number of esters is 4. The molecule has 41 heavy (non-hydrogen) atoms. The van der Waals surface area contributed by atoms with Crippen LogP contribution in [0, 0.1) is 29.1 Å². The van der Waals surface area contributed by atoms with Gasteiger partial charge in [0.25, 0.3) is 0 Å². The summed E-state index contributed by atoms with van der Waals surface area (Å²) in [5.41, 5.74) is -2.31. The van der Waals surface area contributed by atoms with Crippen molar-refractivity contribution in [2.24, 2.45) is 29.1 Å². The van der Waals surface area contributed by atoms with Crippen molar-refractivity contribution in [3.8, 4) is 0 Å². The Kier molecular flexibility index (Phi) is 7.82. The fourth-order valence-electron chi connectivity index (χ4n) is 7.53. The van der Waals surface area contributed by atoms with Crippen molar-refractivity contribution in [2.45, 2.75) is 111 Å². The van der Waals surface area contributed by atoms with Crippen molar-refractivity contribution in [3.05, 3.63) is 23.3 Å². The maximum Gasteiger partial charge on any atom is 0.333 e. The van der Waals surface area contributed by atoms with Crippen molar-refractivity contribution in [1.29, 1.82) is 0 Å². The van der Waals surface area contributed by atoms with Gasteiger partial charge in [-0.3, -0.25) is 19.2 Å². The molecule has 4 rings (SSSR count). The molecule has 10 atom stereocenters. The predicted octanol–water partition coefficient (Wildman–Crippen LogP) is 3.64. The van der Waals surface area contributed by atoms with Crippen LogP contribution in [0.4, 0.5) is 0 Å². The van der Waals surface area contributed by atoms with Crippen molar-refractivity contribution in [2.75, 3.05) is 0 Å². The van der Waals surface area contributed by atoms with Gasteiger partial charge in [-0.2, -0.15) is 0 Å². The van der Waals surface area contributed by atoms with Gasteiger partial charge in [0, 0.05) is 38.2 Å². The van der Waals surface area contributed by atoms with Gasteiger partial charge in [-0.05, 0) is 50.2 Å². The molecule has 1 saturated heterocycles. The Morgan fingerprint density at radius 3 is 2.00 bits per heavy atom. The molecule has 0 radical (unpaired) electrons. The third kappa shape index (κ3) is 4.91. The van der Waals surface area contributed by atoms with Crippen molar-refractivity contribution in [3.63, 3.8) is 0 Å². The summed E-state index contributed by atoms with van der Waals surface area (Å²) in [5, 5.41) is 0. The van der Waals surface area contributed by atoms with Gasteiger partial charge in [0.2, 0.25) is 0 Å². The van der Waals surface area contributed by atoms with Crippen LogP contribution in [-0.2, 0) is 47.7 Å². The second-order valence-electron chi connectivity index (χ2n) is 12.8. The zero-order chi connectivity index (χ0) is 30.8. The first-order chi connectivity index (χ1) is 18.9. The van der Waals surface area contributed by atoms with E-state index in [1.807, 2.05) is 20.8 Å². The van der Waals surface area contributed by atoms with Crippen molar-refractivity contribution >= 4 is 29.7 Å². The van der Waals surface area contributed by atoms with E-state index in [1.165, 1.54) is 20.8 Å². The zero-order valence-corrected chi connectivity index (χ0v) is 25.6. The minimum Gasteiger partial charge on any atom is -0.459 e. The topological polar surface area (TPSA) is 135 Å². The minimum atomic E-state index is -1.33. The molecule has 0 spiro atoms. The number of Topliss-reactive ketones (excluding diaryl/α,β-unsaturated/α-hetero) is 1. The van der Waals surface area contributed by atoms with E-state index >= 15 is 0 Å². The van der Waals surface area contributed by atoms with E-state index in [0.717, 1.165) is 0 Å². The maximum atomic E-state index is 14.5. The summed E-state index contributed by atoms with van der Waals surface area (Å²) in [5.74, 6) is -4.34. The summed E-state index contributed by atoms with van der Waals surface area (Å²) in [6.45, 7) is 16.5. The van der Waals surface area contributed by atoms with Gasteiger partial charge in [-0.1, -0.05) is 33.8 Å². The zero-order valence-electron chi connectivity index (χ0n) is 25.6. The smallest absolute Gasteiger partial charge is 0.333 e. The SMILES string of the molecule is C/C=C(\C)C(=O)O[C@@H]1[C@@H]2[C@H]([C@H](OC(C)=O)[C@H](OC(C)=O)/C(C)=C/[C@@]34O[C@@]3(C[C@H](C)[C@@H]4OC(C)=O)C(=O)[C@@H]1C)C2(C)C. The molecule has 10 nitrogen and oxygen atoms in total. The van der Waals surface area contributed by atoms with Gasteiger partial charge in [0.1, 0.15) is 18.3 Å². The lowest BCUT2D eigenvalue weighted by atomic mass is 9.80. The molecule has 3 aliphatic carbocycles. The van der Waals surface area contributed by atoms with Crippen LogP contribution in [0.15, 0.2) is 23.3 Å². The predicted molar refractivity (Wildman–Crippen MR) is 145 cm³/mol. The number of ketones is 1. The Balaban J connectivity index is 1.94. The molecule has 1 heterocycles. The summed E-state index contributed by atoms with van der Waals surface area (Å²) in [4.78, 5) is 64.5. The minimum absolute atomic E-state index is 0.233. The highest BCUT2D eigenvalue weighted by Crippen LogP contribution is 2.69. The van der Waals surface area contributed by atoms with E-state index in [9.17, 15) is 24.0 Å². The Morgan fingerprint density at radius 2 is 1.46 bits per heavy atom. The van der Waals surface area contributed by atoms with Gasteiger partial charge in [-0.15, -0.1) is 0 Å². The van der Waals surface area contributed by atoms with E-state index in [4.69, 9.17) is 23.7 Å². The van der Waals surface area contributed by atoms with Crippen LogP contribution >= 0.6 is 0 Å². The van der Waals surface area contributed by atoms with Gasteiger partial charge in [0.15, 0.2) is 23.1 Å². The summed E-state index contributed by atoms with van der Waals surface area (Å²) >= 11 is 0. The Bertz CT molecular complexity index is 1230. The van der Waals surface area contributed by atoms with Crippen LogP contribution in [0.25, 0.3) is 0 Å². The average molecular weight is 575 g/mol. The molecule has 2 saturated carbocycles. The summed E-state index contributed by atoms with van der Waals surface area (Å²) < 4.78 is 29.8. The largest absolute Gasteiger partial charge is 0.459 e. The van der Waals surface area contributed by atoms with Crippen LogP contribution in [-0.4, -0.2) is 65.3 Å². The summed E-state index contributed by atoms with van der Waals surface area (Å²) in [7, 11) is 0. The molecule has 0 aromatic rings. The highest BCUT2D eigenvalue weighted by molar-refractivity contribution is 5.96. The Labute approximate surface area is 241 Å². The van der Waals surface area contributed by atoms with E-state index in [0.29, 0.717) is 11.1 Å². The monoisotopic (exact) mass is 574 g/mol. The molecule has 10 heteroatoms. The molecule has 0 amide bonds. The summed E-state index contributed by atoms with van der Waals surface area (Å²) in [6, 6.07) is 0. The van der Waals surface area contributed by atoms with Crippen LogP contribution < -0.4 is 0 Å².